The summed E-state index contributed by atoms with van der Waals surface area (Å²) in [6.45, 7) is 4.63. The van der Waals surface area contributed by atoms with Gasteiger partial charge < -0.3 is 10.4 Å². The molecule has 3 atom stereocenters. The van der Waals surface area contributed by atoms with E-state index in [1.165, 1.54) is 11.8 Å². The van der Waals surface area contributed by atoms with Gasteiger partial charge in [-0.25, -0.2) is 0 Å². The topological polar surface area (TPSA) is 69.6 Å². The maximum Gasteiger partial charge on any atom is 0.393 e. The van der Waals surface area contributed by atoms with Crippen LogP contribution in [0.4, 0.5) is 18.9 Å². The number of hydrogen-bond donors (Lipinski definition) is 2. The molecule has 1 saturated heterocycles. The smallest absolute Gasteiger partial charge is 0.393 e. The number of aliphatic carboxylic acids is 1. The van der Waals surface area contributed by atoms with E-state index in [9.17, 15) is 22.8 Å². The molecule has 1 unspecified atom stereocenters. The summed E-state index contributed by atoms with van der Waals surface area (Å²) in [5.74, 6) is -5.46. The molecule has 1 aromatic carbocycles. The number of para-hydroxylation sites is 1. The van der Waals surface area contributed by atoms with Gasteiger partial charge in [-0.15, -0.1) is 0 Å². The highest BCUT2D eigenvalue weighted by Crippen LogP contribution is 2.38. The van der Waals surface area contributed by atoms with Gasteiger partial charge in [-0.2, -0.15) is 13.2 Å². The Kier molecular flexibility index (Phi) is 6.51. The molecule has 0 bridgehead atoms. The maximum atomic E-state index is 13.2. The molecule has 1 fully saturated rings. The zero-order valence-corrected chi connectivity index (χ0v) is 15.6. The second-order valence-electron chi connectivity index (χ2n) is 6.87. The summed E-state index contributed by atoms with van der Waals surface area (Å²) in [5, 5.41) is 12.0. The summed E-state index contributed by atoms with van der Waals surface area (Å²) in [7, 11) is 0. The molecule has 2 rings (SSSR count). The highest BCUT2D eigenvalue weighted by atomic mass is 19.4. The highest BCUT2D eigenvalue weighted by molar-refractivity contribution is 5.96. The van der Waals surface area contributed by atoms with Gasteiger partial charge in [0.25, 0.3) is 0 Å². The molecule has 27 heavy (non-hydrogen) atoms. The van der Waals surface area contributed by atoms with Crippen LogP contribution in [0.2, 0.25) is 0 Å². The molecule has 2 N–H and O–H groups in total. The fourth-order valence-electron chi connectivity index (χ4n) is 3.53. The monoisotopic (exact) mass is 386 g/mol. The lowest BCUT2D eigenvalue weighted by Gasteiger charge is -2.25. The van der Waals surface area contributed by atoms with Crippen molar-refractivity contribution in [2.24, 2.45) is 11.8 Å². The second kappa shape index (κ2) is 8.29. The number of alkyl halides is 3. The van der Waals surface area contributed by atoms with E-state index in [1.807, 2.05) is 32.0 Å². The zero-order chi connectivity index (χ0) is 20.4. The van der Waals surface area contributed by atoms with Gasteiger partial charge in [0.05, 0.1) is 17.9 Å². The van der Waals surface area contributed by atoms with Crippen molar-refractivity contribution >= 4 is 17.6 Å². The standard InChI is InChI=1S/C19H25F3N2O3/c1-4-12-7-6-8-13(5-2)16(12)23-17(25)11(3)24-9-14(18(26)27)15(10-24)19(20,21)22/h6-8,11,14-15H,4-5,9-10H2,1-3H3,(H,23,25)(H,26,27)/t11?,14-,15-/m1/s1. The van der Waals surface area contributed by atoms with Crippen LogP contribution in [0.15, 0.2) is 18.2 Å². The number of nitrogens with one attached hydrogen (secondary N) is 1. The molecule has 150 valence electrons. The van der Waals surface area contributed by atoms with E-state index >= 15 is 0 Å². The normalized spacial score (nSPS) is 21.9. The molecular formula is C19H25F3N2O3. The number of benzene rings is 1. The molecule has 0 saturated carbocycles. The molecule has 8 heteroatoms. The summed E-state index contributed by atoms with van der Waals surface area (Å²) < 4.78 is 39.5. The third-order valence-electron chi connectivity index (χ3n) is 5.26. The van der Waals surface area contributed by atoms with Crippen LogP contribution in [0.3, 0.4) is 0 Å². The van der Waals surface area contributed by atoms with Crippen LogP contribution < -0.4 is 5.32 Å². The average molecular weight is 386 g/mol. The van der Waals surface area contributed by atoms with Crippen molar-refractivity contribution in [3.05, 3.63) is 29.3 Å². The largest absolute Gasteiger partial charge is 0.481 e. The van der Waals surface area contributed by atoms with Crippen LogP contribution in [-0.4, -0.2) is 47.2 Å². The van der Waals surface area contributed by atoms with Crippen LogP contribution in [0.1, 0.15) is 31.9 Å². The number of amides is 1. The molecule has 0 radical (unpaired) electrons. The first-order valence-corrected chi connectivity index (χ1v) is 9.05. The number of carbonyl (C=O) groups excluding carboxylic acids is 1. The lowest BCUT2D eigenvalue weighted by atomic mass is 9.96. The summed E-state index contributed by atoms with van der Waals surface area (Å²) in [5.41, 5.74) is 2.60. The summed E-state index contributed by atoms with van der Waals surface area (Å²) in [6, 6.07) is 4.84. The van der Waals surface area contributed by atoms with Crippen LogP contribution >= 0.6 is 0 Å². The van der Waals surface area contributed by atoms with Crippen LogP contribution in [0.25, 0.3) is 0 Å². The van der Waals surface area contributed by atoms with Crippen molar-refractivity contribution < 1.29 is 27.9 Å². The average Bonchev–Trinajstić information content (AvgIpc) is 3.07. The Morgan fingerprint density at radius 3 is 2.19 bits per heavy atom. The molecule has 1 amide bonds. The third kappa shape index (κ3) is 4.61. The summed E-state index contributed by atoms with van der Waals surface area (Å²) in [6.07, 6.45) is -3.20. The van der Waals surface area contributed by atoms with E-state index in [0.717, 1.165) is 11.1 Å². The van der Waals surface area contributed by atoms with Gasteiger partial charge in [0.15, 0.2) is 0 Å². The van der Waals surface area contributed by atoms with Crippen LogP contribution in [0, 0.1) is 11.8 Å². The van der Waals surface area contributed by atoms with E-state index < -0.39 is 42.5 Å². The van der Waals surface area contributed by atoms with Gasteiger partial charge in [-0.3, -0.25) is 14.5 Å². The fourth-order valence-corrected chi connectivity index (χ4v) is 3.53. The van der Waals surface area contributed by atoms with E-state index in [4.69, 9.17) is 5.11 Å². The van der Waals surface area contributed by atoms with Gasteiger partial charge in [0.1, 0.15) is 0 Å². The van der Waals surface area contributed by atoms with Crippen LogP contribution in [-0.2, 0) is 22.4 Å². The molecule has 0 aromatic heterocycles. The SMILES string of the molecule is CCc1cccc(CC)c1NC(=O)C(C)N1C[C@@H](C(F)(F)F)[C@H](C(=O)O)C1. The van der Waals surface area contributed by atoms with Gasteiger partial charge in [0, 0.05) is 18.8 Å². The van der Waals surface area contributed by atoms with Crippen molar-refractivity contribution in [3.63, 3.8) is 0 Å². The molecule has 5 nitrogen and oxygen atoms in total. The minimum Gasteiger partial charge on any atom is -0.481 e. The first kappa shape index (κ1) is 21.2. The minimum absolute atomic E-state index is 0.301. The number of carboxylic acid groups (broad SMARTS) is 1. The quantitative estimate of drug-likeness (QED) is 0.787. The molecule has 0 aliphatic carbocycles. The maximum absolute atomic E-state index is 13.2. The van der Waals surface area contributed by atoms with E-state index in [-0.39, 0.29) is 6.54 Å². The zero-order valence-electron chi connectivity index (χ0n) is 15.6. The van der Waals surface area contributed by atoms with Crippen molar-refractivity contribution in [1.29, 1.82) is 0 Å². The number of anilines is 1. The lowest BCUT2D eigenvalue weighted by Crippen LogP contribution is -2.42. The number of likely N-dealkylation sites (tertiary alicyclic amines) is 1. The summed E-state index contributed by atoms with van der Waals surface area (Å²) >= 11 is 0. The number of rotatable bonds is 6. The fraction of sp³-hybridized carbons (Fsp3) is 0.579. The van der Waals surface area contributed by atoms with Crippen molar-refractivity contribution in [2.45, 2.75) is 45.8 Å². The van der Waals surface area contributed by atoms with Gasteiger partial charge in [-0.05, 0) is 30.9 Å². The van der Waals surface area contributed by atoms with Gasteiger partial charge in [0.2, 0.25) is 5.91 Å². The molecule has 0 spiro atoms. The van der Waals surface area contributed by atoms with E-state index in [1.54, 1.807) is 0 Å². The number of halogens is 3. The van der Waals surface area contributed by atoms with Gasteiger partial charge in [-0.1, -0.05) is 32.0 Å². The van der Waals surface area contributed by atoms with Crippen molar-refractivity contribution in [1.82, 2.24) is 4.90 Å². The third-order valence-corrected chi connectivity index (χ3v) is 5.26. The predicted octanol–water partition coefficient (Wildman–Crippen LogP) is 3.33. The predicted molar refractivity (Wildman–Crippen MR) is 95.5 cm³/mol. The molecule has 1 aliphatic rings. The lowest BCUT2D eigenvalue weighted by molar-refractivity contribution is -0.188. The Morgan fingerprint density at radius 2 is 1.78 bits per heavy atom. The summed E-state index contributed by atoms with van der Waals surface area (Å²) in [4.78, 5) is 25.2. The highest BCUT2D eigenvalue weighted by Gasteiger charge is 2.53. The van der Waals surface area contributed by atoms with E-state index in [0.29, 0.717) is 18.5 Å². The van der Waals surface area contributed by atoms with Crippen LogP contribution in [0.5, 0.6) is 0 Å². The molecular weight excluding hydrogens is 361 g/mol. The minimum atomic E-state index is -4.61. The molecule has 1 aromatic rings. The Balaban J connectivity index is 2.18. The first-order valence-electron chi connectivity index (χ1n) is 9.05. The molecule has 1 aliphatic heterocycles. The molecule has 1 heterocycles. The first-order chi connectivity index (χ1) is 12.6. The van der Waals surface area contributed by atoms with Crippen molar-refractivity contribution in [2.75, 3.05) is 18.4 Å². The number of carboxylic acids is 1. The van der Waals surface area contributed by atoms with Crippen molar-refractivity contribution in [3.8, 4) is 0 Å². The van der Waals surface area contributed by atoms with E-state index in [2.05, 4.69) is 5.32 Å². The Labute approximate surface area is 156 Å². The second-order valence-corrected chi connectivity index (χ2v) is 6.87. The Morgan fingerprint density at radius 1 is 1.22 bits per heavy atom. The number of carbonyl (C=O) groups is 2. The Bertz CT molecular complexity index is 684. The number of aryl methyl sites for hydroxylation is 2. The number of nitrogens with zero attached hydrogens (tertiary/aromatic N) is 1. The van der Waals surface area contributed by atoms with Gasteiger partial charge >= 0.3 is 12.1 Å². The number of hydrogen-bond acceptors (Lipinski definition) is 3. The Hall–Kier alpha value is -2.09.